The topological polar surface area (TPSA) is 86.7 Å². The van der Waals surface area contributed by atoms with Gasteiger partial charge in [0.1, 0.15) is 6.10 Å². The first kappa shape index (κ1) is 19.3. The van der Waals surface area contributed by atoms with Crippen molar-refractivity contribution in [2.75, 3.05) is 6.54 Å². The Morgan fingerprint density at radius 1 is 1.20 bits per heavy atom. The summed E-state index contributed by atoms with van der Waals surface area (Å²) in [5.41, 5.74) is 0. The number of thiol groups is 2. The minimum absolute atomic E-state index is 0.263. The standard InChI is InChI=1S/C12H22N2O4S2/c1-2-3-4-5-6-7-9(15)10(16)8-14(20)12(18)11(17)13-19/h10,16,19-20H,2-8H2,1H3,(H,13,17). The van der Waals surface area contributed by atoms with Crippen LogP contribution in [0.4, 0.5) is 0 Å². The number of ketones is 1. The molecule has 2 N–H and O–H groups in total. The number of nitrogens with one attached hydrogen (secondary N) is 1. The Bertz CT molecular complexity index is 339. The lowest BCUT2D eigenvalue weighted by Gasteiger charge is -2.17. The van der Waals surface area contributed by atoms with Gasteiger partial charge in [0.15, 0.2) is 5.78 Å². The van der Waals surface area contributed by atoms with E-state index >= 15 is 0 Å². The predicted octanol–water partition coefficient (Wildman–Crippen LogP) is 0.911. The molecule has 0 aliphatic heterocycles. The lowest BCUT2D eigenvalue weighted by Crippen LogP contribution is -2.41. The molecular formula is C12H22N2O4S2. The Balaban J connectivity index is 4.00. The Labute approximate surface area is 130 Å². The molecule has 0 saturated heterocycles. The third kappa shape index (κ3) is 7.76. The molecule has 2 amide bonds. The van der Waals surface area contributed by atoms with Crippen LogP contribution in [0.1, 0.15) is 45.4 Å². The lowest BCUT2D eigenvalue weighted by molar-refractivity contribution is -0.142. The van der Waals surface area contributed by atoms with E-state index in [1.165, 1.54) is 0 Å². The van der Waals surface area contributed by atoms with Gasteiger partial charge in [-0.15, -0.1) is 0 Å². The first-order valence-electron chi connectivity index (χ1n) is 6.59. The highest BCUT2D eigenvalue weighted by molar-refractivity contribution is 7.79. The summed E-state index contributed by atoms with van der Waals surface area (Å²) in [6.45, 7) is 1.78. The number of carbonyl (C=O) groups is 3. The highest BCUT2D eigenvalue weighted by Gasteiger charge is 2.24. The summed E-state index contributed by atoms with van der Waals surface area (Å²) in [4.78, 5) is 33.9. The number of unbranched alkanes of at least 4 members (excludes halogenated alkanes) is 4. The van der Waals surface area contributed by atoms with E-state index in [1.807, 2.05) is 4.72 Å². The quantitative estimate of drug-likeness (QED) is 0.289. The molecule has 8 heteroatoms. The molecular weight excluding hydrogens is 300 g/mol. The normalized spacial score (nSPS) is 11.8. The number of hydrogen-bond acceptors (Lipinski definition) is 6. The summed E-state index contributed by atoms with van der Waals surface area (Å²) in [6, 6.07) is 0. The third-order valence-corrected chi connectivity index (χ3v) is 3.32. The van der Waals surface area contributed by atoms with Crippen LogP contribution in [0.15, 0.2) is 0 Å². The van der Waals surface area contributed by atoms with Crippen LogP contribution in [0.5, 0.6) is 0 Å². The summed E-state index contributed by atoms with van der Waals surface area (Å²) >= 11 is 7.21. The number of aliphatic hydroxyl groups is 1. The van der Waals surface area contributed by atoms with E-state index in [2.05, 4.69) is 32.6 Å². The fourth-order valence-corrected chi connectivity index (χ4v) is 1.92. The Morgan fingerprint density at radius 3 is 2.35 bits per heavy atom. The van der Waals surface area contributed by atoms with Crippen LogP contribution < -0.4 is 4.72 Å². The number of aliphatic hydroxyl groups excluding tert-OH is 1. The molecule has 0 fully saturated rings. The Kier molecular flexibility index (Phi) is 10.6. The van der Waals surface area contributed by atoms with Gasteiger partial charge in [0.2, 0.25) is 0 Å². The van der Waals surface area contributed by atoms with Crippen molar-refractivity contribution in [1.82, 2.24) is 9.03 Å². The first-order valence-corrected chi connectivity index (χ1v) is 7.44. The summed E-state index contributed by atoms with van der Waals surface area (Å²) in [5.74, 6) is -2.29. The number of amides is 2. The fraction of sp³-hybridized carbons (Fsp3) is 0.750. The van der Waals surface area contributed by atoms with Gasteiger partial charge >= 0.3 is 11.8 Å². The summed E-state index contributed by atoms with van der Waals surface area (Å²) < 4.78 is 2.55. The van der Waals surface area contributed by atoms with Crippen molar-refractivity contribution >= 4 is 43.2 Å². The maximum Gasteiger partial charge on any atom is 0.322 e. The molecule has 116 valence electrons. The van der Waals surface area contributed by atoms with E-state index in [1.54, 1.807) is 0 Å². The third-order valence-electron chi connectivity index (χ3n) is 2.77. The van der Waals surface area contributed by atoms with Crippen LogP contribution >= 0.6 is 25.6 Å². The van der Waals surface area contributed by atoms with Crippen molar-refractivity contribution in [3.63, 3.8) is 0 Å². The zero-order valence-electron chi connectivity index (χ0n) is 11.5. The lowest BCUT2D eigenvalue weighted by atomic mass is 10.1. The second kappa shape index (κ2) is 11.0. The summed E-state index contributed by atoms with van der Waals surface area (Å²) in [6.07, 6.45) is 3.93. The second-order valence-corrected chi connectivity index (χ2v) is 5.18. The maximum absolute atomic E-state index is 11.6. The van der Waals surface area contributed by atoms with Gasteiger partial charge in [-0.25, -0.2) is 0 Å². The zero-order valence-corrected chi connectivity index (χ0v) is 13.3. The molecule has 0 aliphatic rings. The molecule has 0 heterocycles. The number of hydrogen-bond donors (Lipinski definition) is 4. The summed E-state index contributed by atoms with van der Waals surface area (Å²) in [5, 5.41) is 9.65. The van der Waals surface area contributed by atoms with Gasteiger partial charge in [0.25, 0.3) is 0 Å². The van der Waals surface area contributed by atoms with Crippen LogP contribution in [-0.4, -0.2) is 39.7 Å². The van der Waals surface area contributed by atoms with Crippen LogP contribution in [0.25, 0.3) is 0 Å². The van der Waals surface area contributed by atoms with Crippen molar-refractivity contribution in [3.8, 4) is 0 Å². The number of nitrogens with zero attached hydrogens (tertiary/aromatic N) is 1. The predicted molar refractivity (Wildman–Crippen MR) is 82.2 cm³/mol. The zero-order chi connectivity index (χ0) is 15.5. The van der Waals surface area contributed by atoms with Crippen LogP contribution in [0, 0.1) is 0 Å². The molecule has 0 aromatic carbocycles. The maximum atomic E-state index is 11.6. The number of rotatable bonds is 9. The molecule has 6 nitrogen and oxygen atoms in total. The monoisotopic (exact) mass is 322 g/mol. The van der Waals surface area contributed by atoms with E-state index in [0.717, 1.165) is 25.7 Å². The first-order chi connectivity index (χ1) is 9.43. The molecule has 0 rings (SSSR count). The molecule has 0 aromatic rings. The molecule has 20 heavy (non-hydrogen) atoms. The van der Waals surface area contributed by atoms with Crippen molar-refractivity contribution in [2.24, 2.45) is 0 Å². The van der Waals surface area contributed by atoms with Crippen LogP contribution in [-0.2, 0) is 14.4 Å². The van der Waals surface area contributed by atoms with E-state index in [9.17, 15) is 19.5 Å². The minimum Gasteiger partial charge on any atom is -0.383 e. The van der Waals surface area contributed by atoms with E-state index in [0.29, 0.717) is 10.7 Å². The van der Waals surface area contributed by atoms with Crippen LogP contribution in [0.2, 0.25) is 0 Å². The number of carbonyl (C=O) groups excluding carboxylic acids is 3. The highest BCUT2D eigenvalue weighted by Crippen LogP contribution is 2.08. The largest absolute Gasteiger partial charge is 0.383 e. The average Bonchev–Trinajstić information content (AvgIpc) is 2.44. The molecule has 0 aromatic heterocycles. The second-order valence-electron chi connectivity index (χ2n) is 4.47. The molecule has 1 unspecified atom stereocenters. The van der Waals surface area contributed by atoms with Gasteiger partial charge in [0.05, 0.1) is 6.54 Å². The van der Waals surface area contributed by atoms with E-state index in [-0.39, 0.29) is 18.7 Å². The minimum atomic E-state index is -1.32. The summed E-state index contributed by atoms with van der Waals surface area (Å²) in [7, 11) is 0. The Morgan fingerprint density at radius 2 is 1.80 bits per heavy atom. The average molecular weight is 322 g/mol. The van der Waals surface area contributed by atoms with Gasteiger partial charge in [0, 0.05) is 6.42 Å². The van der Waals surface area contributed by atoms with Gasteiger partial charge < -0.3 is 5.11 Å². The van der Waals surface area contributed by atoms with Crippen molar-refractivity contribution in [1.29, 1.82) is 0 Å². The smallest absolute Gasteiger partial charge is 0.322 e. The van der Waals surface area contributed by atoms with E-state index < -0.39 is 17.9 Å². The van der Waals surface area contributed by atoms with Crippen LogP contribution in [0.3, 0.4) is 0 Å². The SMILES string of the molecule is CCCCCCCC(=O)C(O)CN(S)C(=O)C(=O)NS. The Hall–Kier alpha value is -0.730. The highest BCUT2D eigenvalue weighted by atomic mass is 32.1. The molecule has 0 spiro atoms. The van der Waals surface area contributed by atoms with Crippen molar-refractivity contribution in [3.05, 3.63) is 0 Å². The van der Waals surface area contributed by atoms with Gasteiger partial charge in [-0.05, 0) is 6.42 Å². The number of Topliss-reactive ketones (excluding diaryl/α,β-unsaturated/α-hetero) is 1. The molecule has 0 radical (unpaired) electrons. The van der Waals surface area contributed by atoms with Crippen molar-refractivity contribution in [2.45, 2.75) is 51.6 Å². The van der Waals surface area contributed by atoms with E-state index in [4.69, 9.17) is 0 Å². The van der Waals surface area contributed by atoms with Gasteiger partial charge in [-0.3, -0.25) is 23.4 Å². The molecule has 0 saturated carbocycles. The molecule has 0 bridgehead atoms. The van der Waals surface area contributed by atoms with Gasteiger partial charge in [-0.2, -0.15) is 0 Å². The fourth-order valence-electron chi connectivity index (χ4n) is 1.58. The van der Waals surface area contributed by atoms with Crippen molar-refractivity contribution < 1.29 is 19.5 Å². The van der Waals surface area contributed by atoms with Gasteiger partial charge in [-0.1, -0.05) is 58.2 Å². The molecule has 0 aliphatic carbocycles. The molecule has 1 atom stereocenters.